The lowest BCUT2D eigenvalue weighted by molar-refractivity contribution is 0.198. The second kappa shape index (κ2) is 5.31. The lowest BCUT2D eigenvalue weighted by Gasteiger charge is -2.33. The first-order valence-electron chi connectivity index (χ1n) is 6.37. The van der Waals surface area contributed by atoms with Crippen molar-refractivity contribution in [2.45, 2.75) is 46.6 Å². The molecule has 0 aromatic rings. The summed E-state index contributed by atoms with van der Waals surface area (Å²) >= 11 is 0. The van der Waals surface area contributed by atoms with Crippen molar-refractivity contribution in [2.75, 3.05) is 26.7 Å². The van der Waals surface area contributed by atoms with Crippen LogP contribution in [-0.2, 0) is 0 Å². The molecule has 0 spiro atoms. The number of hydrogen-bond donors (Lipinski definition) is 1. The quantitative estimate of drug-likeness (QED) is 0.769. The van der Waals surface area contributed by atoms with Gasteiger partial charge in [0.15, 0.2) is 0 Å². The number of nitrogens with one attached hydrogen (secondary N) is 1. The van der Waals surface area contributed by atoms with Gasteiger partial charge in [0.05, 0.1) is 0 Å². The Kier molecular flexibility index (Phi) is 4.60. The van der Waals surface area contributed by atoms with E-state index in [1.165, 1.54) is 32.5 Å². The van der Waals surface area contributed by atoms with Crippen LogP contribution in [-0.4, -0.2) is 37.6 Å². The number of likely N-dealkylation sites (N-methyl/N-ethyl adjacent to an activating group) is 1. The van der Waals surface area contributed by atoms with E-state index >= 15 is 0 Å². The first kappa shape index (κ1) is 13.0. The average molecular weight is 212 g/mol. The van der Waals surface area contributed by atoms with Crippen LogP contribution in [0.5, 0.6) is 0 Å². The summed E-state index contributed by atoms with van der Waals surface area (Å²) in [6.07, 6.45) is 2.74. The summed E-state index contributed by atoms with van der Waals surface area (Å²) < 4.78 is 0. The molecule has 90 valence electrons. The molecule has 2 heteroatoms. The van der Waals surface area contributed by atoms with Gasteiger partial charge in [-0.25, -0.2) is 0 Å². The summed E-state index contributed by atoms with van der Waals surface area (Å²) in [4.78, 5) is 2.63. The van der Waals surface area contributed by atoms with E-state index in [9.17, 15) is 0 Å². The first-order valence-corrected chi connectivity index (χ1v) is 6.37. The topological polar surface area (TPSA) is 15.3 Å². The van der Waals surface area contributed by atoms with Gasteiger partial charge in [-0.05, 0) is 31.3 Å². The molecular formula is C13H28N2. The fourth-order valence-electron chi connectivity index (χ4n) is 2.47. The van der Waals surface area contributed by atoms with Crippen molar-refractivity contribution in [3.05, 3.63) is 0 Å². The summed E-state index contributed by atoms with van der Waals surface area (Å²) in [5, 5.41) is 3.46. The highest BCUT2D eigenvalue weighted by Gasteiger charge is 2.28. The molecule has 0 radical (unpaired) electrons. The zero-order chi connectivity index (χ0) is 11.5. The lowest BCUT2D eigenvalue weighted by Crippen LogP contribution is -2.46. The molecule has 0 bridgehead atoms. The number of hydrogen-bond acceptors (Lipinski definition) is 2. The molecule has 1 aliphatic heterocycles. The van der Waals surface area contributed by atoms with Gasteiger partial charge in [-0.3, -0.25) is 0 Å². The molecule has 0 saturated carbocycles. The van der Waals surface area contributed by atoms with E-state index in [4.69, 9.17) is 0 Å². The summed E-state index contributed by atoms with van der Waals surface area (Å²) in [5.74, 6) is 0.947. The summed E-state index contributed by atoms with van der Waals surface area (Å²) in [6, 6.07) is 0.605. The Morgan fingerprint density at radius 3 is 2.47 bits per heavy atom. The minimum atomic E-state index is 0.360. The molecule has 0 aromatic heterocycles. The van der Waals surface area contributed by atoms with E-state index in [-0.39, 0.29) is 0 Å². The van der Waals surface area contributed by atoms with E-state index < -0.39 is 0 Å². The molecule has 1 heterocycles. The molecule has 0 amide bonds. The van der Waals surface area contributed by atoms with Crippen LogP contribution in [0.25, 0.3) is 0 Å². The van der Waals surface area contributed by atoms with E-state index in [0.717, 1.165) is 5.92 Å². The zero-order valence-corrected chi connectivity index (χ0v) is 11.1. The monoisotopic (exact) mass is 212 g/mol. The molecule has 2 atom stereocenters. The van der Waals surface area contributed by atoms with Crippen molar-refractivity contribution in [1.29, 1.82) is 0 Å². The van der Waals surface area contributed by atoms with Gasteiger partial charge in [0.1, 0.15) is 0 Å². The van der Waals surface area contributed by atoms with Gasteiger partial charge >= 0.3 is 0 Å². The second-order valence-corrected chi connectivity index (χ2v) is 6.03. The Bertz CT molecular complexity index is 183. The highest BCUT2D eigenvalue weighted by atomic mass is 15.2. The Morgan fingerprint density at radius 2 is 2.07 bits per heavy atom. The molecule has 0 aliphatic carbocycles. The van der Waals surface area contributed by atoms with E-state index in [1.807, 2.05) is 0 Å². The first-order chi connectivity index (χ1) is 6.97. The van der Waals surface area contributed by atoms with Gasteiger partial charge < -0.3 is 10.2 Å². The molecule has 2 unspecified atom stereocenters. The standard InChI is InChI=1S/C13H28N2/c1-6-11-7-8-15(9-11)10-12(14-5)13(2,3)4/h11-12,14H,6-10H2,1-5H3. The Morgan fingerprint density at radius 1 is 1.40 bits per heavy atom. The molecule has 1 rings (SSSR count). The maximum atomic E-state index is 3.46. The fraction of sp³-hybridized carbons (Fsp3) is 1.00. The number of rotatable bonds is 4. The molecular weight excluding hydrogens is 184 g/mol. The maximum absolute atomic E-state index is 3.46. The smallest absolute Gasteiger partial charge is 0.0240 e. The van der Waals surface area contributed by atoms with Crippen molar-refractivity contribution in [2.24, 2.45) is 11.3 Å². The van der Waals surface area contributed by atoms with Crippen LogP contribution < -0.4 is 5.32 Å². The van der Waals surface area contributed by atoms with Crippen LogP contribution in [0.3, 0.4) is 0 Å². The van der Waals surface area contributed by atoms with Crippen LogP contribution in [0, 0.1) is 11.3 Å². The SMILES string of the molecule is CCC1CCN(CC(NC)C(C)(C)C)C1. The van der Waals surface area contributed by atoms with E-state index in [1.54, 1.807) is 0 Å². The van der Waals surface area contributed by atoms with E-state index in [2.05, 4.69) is 45.0 Å². The minimum absolute atomic E-state index is 0.360. The Balaban J connectivity index is 2.40. The molecule has 15 heavy (non-hydrogen) atoms. The Labute approximate surface area is 95.4 Å². The van der Waals surface area contributed by atoms with Crippen LogP contribution >= 0.6 is 0 Å². The third-order valence-electron chi connectivity index (χ3n) is 3.78. The van der Waals surface area contributed by atoms with Crippen LogP contribution in [0.15, 0.2) is 0 Å². The van der Waals surface area contributed by atoms with Crippen molar-refractivity contribution >= 4 is 0 Å². The summed E-state index contributed by atoms with van der Waals surface area (Å²) in [7, 11) is 2.09. The average Bonchev–Trinajstić information content (AvgIpc) is 2.59. The molecule has 1 aliphatic rings. The van der Waals surface area contributed by atoms with E-state index in [0.29, 0.717) is 11.5 Å². The van der Waals surface area contributed by atoms with Gasteiger partial charge in [0, 0.05) is 19.1 Å². The Hall–Kier alpha value is -0.0800. The highest BCUT2D eigenvalue weighted by molar-refractivity contribution is 4.85. The summed E-state index contributed by atoms with van der Waals surface area (Å²) in [6.45, 7) is 13.1. The molecule has 0 aromatic carbocycles. The maximum Gasteiger partial charge on any atom is 0.0240 e. The van der Waals surface area contributed by atoms with Crippen molar-refractivity contribution in [3.63, 3.8) is 0 Å². The summed E-state index contributed by atoms with van der Waals surface area (Å²) in [5.41, 5.74) is 0.360. The van der Waals surface area contributed by atoms with Gasteiger partial charge in [-0.15, -0.1) is 0 Å². The van der Waals surface area contributed by atoms with Crippen LogP contribution in [0.2, 0.25) is 0 Å². The van der Waals surface area contributed by atoms with Gasteiger partial charge in [0.2, 0.25) is 0 Å². The molecule has 2 nitrogen and oxygen atoms in total. The van der Waals surface area contributed by atoms with Crippen molar-refractivity contribution in [1.82, 2.24) is 10.2 Å². The highest BCUT2D eigenvalue weighted by Crippen LogP contribution is 2.24. The lowest BCUT2D eigenvalue weighted by atomic mass is 9.86. The minimum Gasteiger partial charge on any atom is -0.315 e. The second-order valence-electron chi connectivity index (χ2n) is 6.03. The third-order valence-corrected chi connectivity index (χ3v) is 3.78. The molecule has 1 fully saturated rings. The molecule has 1 saturated heterocycles. The van der Waals surface area contributed by atoms with Gasteiger partial charge in [-0.2, -0.15) is 0 Å². The van der Waals surface area contributed by atoms with Crippen molar-refractivity contribution < 1.29 is 0 Å². The van der Waals surface area contributed by atoms with Crippen LogP contribution in [0.1, 0.15) is 40.5 Å². The van der Waals surface area contributed by atoms with Crippen molar-refractivity contribution in [3.8, 4) is 0 Å². The third kappa shape index (κ3) is 3.76. The predicted octanol–water partition coefficient (Wildman–Crippen LogP) is 2.35. The zero-order valence-electron chi connectivity index (χ0n) is 11.1. The largest absolute Gasteiger partial charge is 0.315 e. The number of nitrogens with zero attached hydrogens (tertiary/aromatic N) is 1. The molecule has 1 N–H and O–H groups in total. The predicted molar refractivity (Wildman–Crippen MR) is 67.1 cm³/mol. The number of likely N-dealkylation sites (tertiary alicyclic amines) is 1. The normalized spacial score (nSPS) is 25.8. The fourth-order valence-corrected chi connectivity index (χ4v) is 2.47. The van der Waals surface area contributed by atoms with Crippen LogP contribution in [0.4, 0.5) is 0 Å². The van der Waals surface area contributed by atoms with Gasteiger partial charge in [0.25, 0.3) is 0 Å². The van der Waals surface area contributed by atoms with Gasteiger partial charge in [-0.1, -0.05) is 34.1 Å².